The van der Waals surface area contributed by atoms with E-state index in [4.69, 9.17) is 18.9 Å². The van der Waals surface area contributed by atoms with Crippen molar-refractivity contribution < 1.29 is 58.2 Å². The van der Waals surface area contributed by atoms with Crippen molar-refractivity contribution in [1.29, 1.82) is 0 Å². The minimum absolute atomic E-state index is 0.0725. The topological polar surface area (TPSA) is 186 Å². The first-order valence-corrected chi connectivity index (χ1v) is 23.4. The molecule has 1 saturated carbocycles. The van der Waals surface area contributed by atoms with Gasteiger partial charge in [-0.15, -0.1) is 0 Å². The molecule has 6 unspecified atom stereocenters. The molecule has 4 aliphatic rings. The fourth-order valence-electron chi connectivity index (χ4n) is 9.78. The summed E-state index contributed by atoms with van der Waals surface area (Å²) in [4.78, 5) is 71.1. The van der Waals surface area contributed by atoms with E-state index in [1.807, 2.05) is 58.1 Å². The lowest BCUT2D eigenvalue weighted by Gasteiger charge is -2.42. The second-order valence-corrected chi connectivity index (χ2v) is 19.3. The van der Waals surface area contributed by atoms with Crippen molar-refractivity contribution in [2.24, 2.45) is 35.5 Å². The molecule has 0 aromatic rings. The van der Waals surface area contributed by atoms with E-state index < -0.39 is 71.8 Å². The van der Waals surface area contributed by atoms with Crippen LogP contribution in [0.2, 0.25) is 0 Å². The predicted octanol–water partition coefficient (Wildman–Crippen LogP) is 6.56. The number of piperidine rings is 1. The number of fused-ring (bicyclic) bond motifs is 3. The number of ketones is 3. The fourth-order valence-corrected chi connectivity index (χ4v) is 9.78. The molecule has 0 aromatic heterocycles. The maximum absolute atomic E-state index is 14.3. The molecule has 0 radical (unpaired) electrons. The number of rotatable bonds is 5. The van der Waals surface area contributed by atoms with Gasteiger partial charge in [-0.1, -0.05) is 71.1 Å². The molecule has 3 N–H and O–H groups in total. The minimum Gasteiger partial charge on any atom is -0.460 e. The van der Waals surface area contributed by atoms with Crippen LogP contribution in [0.3, 0.4) is 0 Å². The molecule has 1 aliphatic carbocycles. The summed E-state index contributed by atoms with van der Waals surface area (Å²) >= 11 is 0. The van der Waals surface area contributed by atoms with E-state index in [9.17, 15) is 39.3 Å². The summed E-state index contributed by atoms with van der Waals surface area (Å²) in [6.07, 6.45) is 13.0. The molecule has 2 saturated heterocycles. The summed E-state index contributed by atoms with van der Waals surface area (Å²) in [7, 11) is 3.15. The van der Waals surface area contributed by atoms with Crippen LogP contribution in [0.4, 0.5) is 0 Å². The van der Waals surface area contributed by atoms with Gasteiger partial charge in [0.05, 0.1) is 30.5 Å². The molecule has 3 heterocycles. The Kier molecular flexibility index (Phi) is 20.1. The number of aliphatic hydroxyl groups excluding tert-OH is 2. The van der Waals surface area contributed by atoms with E-state index in [0.29, 0.717) is 63.4 Å². The average Bonchev–Trinajstić information content (AvgIpc) is 3.25. The van der Waals surface area contributed by atoms with Gasteiger partial charge >= 0.3 is 5.97 Å². The van der Waals surface area contributed by atoms with E-state index in [-0.39, 0.29) is 67.1 Å². The lowest BCUT2D eigenvalue weighted by atomic mass is 9.78. The van der Waals surface area contributed by atoms with Crippen molar-refractivity contribution >= 4 is 29.2 Å². The van der Waals surface area contributed by atoms with Gasteiger partial charge in [0.15, 0.2) is 0 Å². The maximum atomic E-state index is 14.3. The minimum atomic E-state index is -2.42. The summed E-state index contributed by atoms with van der Waals surface area (Å²) in [5.74, 6) is -7.36. The highest BCUT2D eigenvalue weighted by molar-refractivity contribution is 6.39. The number of methoxy groups -OCH3 is 2. The monoisotopic (exact) mass is 884 g/mol. The summed E-state index contributed by atoms with van der Waals surface area (Å²) < 4.78 is 23.8. The molecule has 13 nitrogen and oxygen atoms in total. The lowest BCUT2D eigenvalue weighted by Crippen LogP contribution is -2.61. The van der Waals surface area contributed by atoms with Crippen molar-refractivity contribution in [3.63, 3.8) is 0 Å². The number of cyclic esters (lactones) is 1. The van der Waals surface area contributed by atoms with Crippen LogP contribution in [-0.4, -0.2) is 119 Å². The normalized spacial score (nSPS) is 38.8. The molecular weight excluding hydrogens is 807 g/mol. The zero-order valence-electron chi connectivity index (χ0n) is 39.3. The average molecular weight is 884 g/mol. The number of allylic oxidation sites excluding steroid dienone is 6. The standard InChI is InChI=1S/C50H77NO12/c1-30-15-11-10-12-16-31(2)44(60-8)27-38-20-18-36(7)50(59,63-38)47(56)48(57)51-22-14-13-17-39(51)49(58)62-45(35(6)25-37-19-21-40(52)46(26-37)61-9)29-43(55)34(5)24-33(4)42(54)28-41(53)32(3)23-30/h10-12,15-16,24,30,32,34-40,42,44-46,52,54,59H,13-14,17-23,25-29H2,1-9H3/b12-10?,15-11+,31-16?,33-24+/t30-,32?,34-,35-,36?,37+,38+,39?,40?,42?,44+,45+,46-,50?/m1/s1. The Hall–Kier alpha value is -3.33. The lowest BCUT2D eigenvalue weighted by molar-refractivity contribution is -0.265. The van der Waals surface area contributed by atoms with Gasteiger partial charge in [-0.25, -0.2) is 4.79 Å². The second-order valence-electron chi connectivity index (χ2n) is 19.3. The molecular formula is C50H77NO12. The Morgan fingerprint density at radius 3 is 2.27 bits per heavy atom. The highest BCUT2D eigenvalue weighted by atomic mass is 16.6. The quantitative estimate of drug-likeness (QED) is 0.154. The van der Waals surface area contributed by atoms with Crippen LogP contribution in [0, 0.1) is 35.5 Å². The second kappa shape index (κ2) is 24.3. The van der Waals surface area contributed by atoms with Crippen LogP contribution in [0.25, 0.3) is 0 Å². The van der Waals surface area contributed by atoms with Gasteiger partial charge in [0, 0.05) is 57.8 Å². The highest BCUT2D eigenvalue weighted by Crippen LogP contribution is 2.37. The summed E-state index contributed by atoms with van der Waals surface area (Å²) in [6, 6.07) is -1.12. The number of carbonyl (C=O) groups excluding carboxylic acids is 5. The molecule has 63 heavy (non-hydrogen) atoms. The van der Waals surface area contributed by atoms with Crippen molar-refractivity contribution in [2.75, 3.05) is 20.8 Å². The van der Waals surface area contributed by atoms with Crippen LogP contribution in [-0.2, 0) is 42.9 Å². The van der Waals surface area contributed by atoms with Crippen molar-refractivity contribution in [2.45, 2.75) is 180 Å². The molecule has 354 valence electrons. The van der Waals surface area contributed by atoms with E-state index in [1.165, 1.54) is 4.90 Å². The number of amides is 1. The highest BCUT2D eigenvalue weighted by Gasteiger charge is 2.53. The van der Waals surface area contributed by atoms with E-state index in [0.717, 1.165) is 12.0 Å². The van der Waals surface area contributed by atoms with Crippen LogP contribution in [0.15, 0.2) is 47.6 Å². The number of aliphatic hydroxyl groups is 3. The summed E-state index contributed by atoms with van der Waals surface area (Å²) in [6.45, 7) is 12.9. The largest absolute Gasteiger partial charge is 0.460 e. The first-order valence-electron chi connectivity index (χ1n) is 23.4. The SMILES string of the molecule is CO[C@H]1C[C@@H]2CCC(C)C(O)(O2)C(=O)C(=O)N2CCCCC2C(=O)O[C@H]([C@H](C)C[C@@H]2CCC(O)[C@H](OC)C2)CC(=O)[C@H](C)/C=C(\C)C(O)CC(=O)C(C)C[C@H](C)/C=C/C=CC=C1C. The molecule has 0 spiro atoms. The number of hydrogen-bond donors (Lipinski definition) is 3. The third kappa shape index (κ3) is 14.3. The van der Waals surface area contributed by atoms with Gasteiger partial charge in [-0.05, 0) is 107 Å². The summed E-state index contributed by atoms with van der Waals surface area (Å²) in [5.41, 5.74) is 1.39. The summed E-state index contributed by atoms with van der Waals surface area (Å²) in [5, 5.41) is 33.5. The Balaban J connectivity index is 1.67. The third-order valence-corrected chi connectivity index (χ3v) is 14.2. The van der Waals surface area contributed by atoms with E-state index in [2.05, 4.69) is 0 Å². The Bertz CT molecular complexity index is 1700. The van der Waals surface area contributed by atoms with Gasteiger partial charge in [-0.3, -0.25) is 19.2 Å². The van der Waals surface area contributed by atoms with Crippen LogP contribution >= 0.6 is 0 Å². The Labute approximate surface area is 375 Å². The molecule has 0 aromatic carbocycles. The first kappa shape index (κ1) is 52.3. The van der Waals surface area contributed by atoms with Crippen LogP contribution < -0.4 is 0 Å². The maximum Gasteiger partial charge on any atom is 0.329 e. The van der Waals surface area contributed by atoms with Gasteiger partial charge in [0.1, 0.15) is 23.7 Å². The molecule has 2 bridgehead atoms. The van der Waals surface area contributed by atoms with E-state index >= 15 is 0 Å². The smallest absolute Gasteiger partial charge is 0.329 e. The van der Waals surface area contributed by atoms with E-state index in [1.54, 1.807) is 41.1 Å². The molecule has 14 atom stereocenters. The number of esters is 1. The third-order valence-electron chi connectivity index (χ3n) is 14.2. The first-order chi connectivity index (χ1) is 29.8. The number of carbonyl (C=O) groups is 5. The van der Waals surface area contributed by atoms with Crippen LogP contribution in [0.5, 0.6) is 0 Å². The van der Waals surface area contributed by atoms with Crippen molar-refractivity contribution in [1.82, 2.24) is 4.90 Å². The van der Waals surface area contributed by atoms with Crippen LogP contribution in [0.1, 0.15) is 132 Å². The predicted molar refractivity (Wildman–Crippen MR) is 239 cm³/mol. The molecule has 3 fully saturated rings. The molecule has 1 amide bonds. The molecule has 4 rings (SSSR count). The van der Waals surface area contributed by atoms with Crippen molar-refractivity contribution in [3.05, 3.63) is 47.6 Å². The zero-order chi connectivity index (χ0) is 46.6. The fraction of sp³-hybridized carbons (Fsp3) is 0.740. The molecule has 3 aliphatic heterocycles. The van der Waals surface area contributed by atoms with Gasteiger partial charge in [0.25, 0.3) is 11.7 Å². The molecule has 13 heteroatoms. The number of ether oxygens (including phenoxy) is 4. The van der Waals surface area contributed by atoms with Gasteiger partial charge < -0.3 is 39.2 Å². The van der Waals surface area contributed by atoms with Crippen molar-refractivity contribution in [3.8, 4) is 0 Å². The number of Topliss-reactive ketones (excluding diaryl/α,β-unsaturated/α-hetero) is 3. The number of hydrogen-bond acceptors (Lipinski definition) is 12. The van der Waals surface area contributed by atoms with Gasteiger partial charge in [0.2, 0.25) is 5.79 Å². The zero-order valence-corrected chi connectivity index (χ0v) is 39.3. The Morgan fingerprint density at radius 1 is 0.841 bits per heavy atom. The Morgan fingerprint density at radius 2 is 1.57 bits per heavy atom. The number of nitrogens with zero attached hydrogens (tertiary/aromatic N) is 1. The van der Waals surface area contributed by atoms with Gasteiger partial charge in [-0.2, -0.15) is 0 Å².